The van der Waals surface area contributed by atoms with Gasteiger partial charge < -0.3 is 4.57 Å². The van der Waals surface area contributed by atoms with E-state index in [-0.39, 0.29) is 11.5 Å². The molecule has 0 saturated heterocycles. The molecule has 160 valence electrons. The van der Waals surface area contributed by atoms with E-state index in [0.717, 1.165) is 46.3 Å². The number of hydrogen-bond donors (Lipinski definition) is 0. The van der Waals surface area contributed by atoms with Crippen molar-refractivity contribution in [2.75, 3.05) is 5.75 Å². The molecule has 0 aliphatic rings. The quantitative estimate of drug-likeness (QED) is 0.290. The van der Waals surface area contributed by atoms with Crippen molar-refractivity contribution in [2.24, 2.45) is 0 Å². The molecule has 0 atom stereocenters. The number of hydrogen-bond acceptors (Lipinski definition) is 5. The molecule has 0 aliphatic heterocycles. The molecule has 0 N–H and O–H groups in total. The van der Waals surface area contributed by atoms with Crippen molar-refractivity contribution < 1.29 is 4.79 Å². The largest absolute Gasteiger partial charge is 0.348 e. The molecule has 0 spiro atoms. The van der Waals surface area contributed by atoms with Gasteiger partial charge in [-0.1, -0.05) is 35.5 Å². The third kappa shape index (κ3) is 4.67. The van der Waals surface area contributed by atoms with Crippen LogP contribution in [-0.2, 0) is 13.0 Å². The van der Waals surface area contributed by atoms with Crippen LogP contribution in [0.4, 0.5) is 0 Å². The molecular formula is C23H24ClN5OS. The van der Waals surface area contributed by atoms with Crippen LogP contribution in [0.5, 0.6) is 0 Å². The Morgan fingerprint density at radius 2 is 1.77 bits per heavy atom. The molecule has 0 aliphatic carbocycles. The average Bonchev–Trinajstić information content (AvgIpc) is 3.26. The second kappa shape index (κ2) is 8.85. The number of benzene rings is 1. The van der Waals surface area contributed by atoms with E-state index < -0.39 is 0 Å². The first-order valence-electron chi connectivity index (χ1n) is 10.1. The number of rotatable bonds is 7. The maximum Gasteiger partial charge on any atom is 0.253 e. The van der Waals surface area contributed by atoms with Crippen molar-refractivity contribution in [3.05, 3.63) is 75.3 Å². The summed E-state index contributed by atoms with van der Waals surface area (Å²) in [5.41, 5.74) is 5.93. The van der Waals surface area contributed by atoms with Gasteiger partial charge in [-0.3, -0.25) is 4.79 Å². The fourth-order valence-corrected chi connectivity index (χ4v) is 4.56. The second-order valence-corrected chi connectivity index (χ2v) is 9.05. The molecule has 4 aromatic rings. The third-order valence-electron chi connectivity index (χ3n) is 5.34. The number of fused-ring (bicyclic) bond motifs is 1. The number of aryl methyl sites for hydroxylation is 4. The summed E-state index contributed by atoms with van der Waals surface area (Å²) in [6, 6.07) is 11.8. The molecule has 0 radical (unpaired) electrons. The van der Waals surface area contributed by atoms with Gasteiger partial charge in [0.25, 0.3) is 5.78 Å². The van der Waals surface area contributed by atoms with Gasteiger partial charge in [0, 0.05) is 39.9 Å². The Balaban J connectivity index is 1.44. The highest BCUT2D eigenvalue weighted by molar-refractivity contribution is 7.99. The van der Waals surface area contributed by atoms with Gasteiger partial charge in [0.2, 0.25) is 5.16 Å². The Hall–Kier alpha value is -2.64. The summed E-state index contributed by atoms with van der Waals surface area (Å²) in [5.74, 6) is 0.930. The maximum absolute atomic E-state index is 12.9. The molecule has 3 heterocycles. The second-order valence-electron chi connectivity index (χ2n) is 7.67. The Bertz CT molecular complexity index is 1260. The Kier molecular flexibility index (Phi) is 6.16. The Labute approximate surface area is 190 Å². The monoisotopic (exact) mass is 453 g/mol. The summed E-state index contributed by atoms with van der Waals surface area (Å²) >= 11 is 7.32. The van der Waals surface area contributed by atoms with Crippen LogP contribution in [-0.4, -0.2) is 35.7 Å². The van der Waals surface area contributed by atoms with E-state index in [4.69, 9.17) is 11.6 Å². The van der Waals surface area contributed by atoms with E-state index >= 15 is 0 Å². The van der Waals surface area contributed by atoms with Crippen molar-refractivity contribution in [2.45, 2.75) is 45.8 Å². The number of carbonyl (C=O) groups is 1. The molecule has 0 fully saturated rings. The Morgan fingerprint density at radius 3 is 2.52 bits per heavy atom. The highest BCUT2D eigenvalue weighted by Crippen LogP contribution is 2.21. The molecule has 1 aromatic carbocycles. The van der Waals surface area contributed by atoms with E-state index in [1.807, 2.05) is 64.1 Å². The average molecular weight is 454 g/mol. The van der Waals surface area contributed by atoms with Crippen molar-refractivity contribution in [1.82, 2.24) is 24.1 Å². The fourth-order valence-electron chi connectivity index (χ4n) is 3.74. The lowest BCUT2D eigenvalue weighted by Crippen LogP contribution is -2.08. The van der Waals surface area contributed by atoms with E-state index in [1.54, 1.807) is 4.52 Å². The van der Waals surface area contributed by atoms with Crippen molar-refractivity contribution in [3.8, 4) is 0 Å². The van der Waals surface area contributed by atoms with Gasteiger partial charge >= 0.3 is 0 Å². The molecule has 0 bridgehead atoms. The minimum absolute atomic E-state index is 0.0792. The van der Waals surface area contributed by atoms with Crippen LogP contribution in [0.2, 0.25) is 5.02 Å². The van der Waals surface area contributed by atoms with E-state index in [2.05, 4.69) is 19.6 Å². The number of aromatic nitrogens is 5. The topological polar surface area (TPSA) is 65.1 Å². The summed E-state index contributed by atoms with van der Waals surface area (Å²) in [6.45, 7) is 8.76. The highest BCUT2D eigenvalue weighted by atomic mass is 35.5. The first kappa shape index (κ1) is 21.6. The summed E-state index contributed by atoms with van der Waals surface area (Å²) < 4.78 is 3.91. The zero-order valence-electron chi connectivity index (χ0n) is 18.0. The standard InChI is InChI=1S/C23H24ClN5OS/c1-14-11-16(3)29-22(25-14)26-23(27-29)31-13-21(30)20-12-15(2)28(17(20)4)10-9-18-5-7-19(24)8-6-18/h5-8,11-12H,9-10,13H2,1-4H3. The van der Waals surface area contributed by atoms with Crippen molar-refractivity contribution in [3.63, 3.8) is 0 Å². The molecule has 0 unspecified atom stereocenters. The summed E-state index contributed by atoms with van der Waals surface area (Å²) in [6.07, 6.45) is 0.882. The maximum atomic E-state index is 12.9. The van der Waals surface area contributed by atoms with Crippen molar-refractivity contribution >= 4 is 34.9 Å². The lowest BCUT2D eigenvalue weighted by molar-refractivity contribution is 0.102. The molecule has 0 saturated carbocycles. The third-order valence-corrected chi connectivity index (χ3v) is 6.43. The first-order valence-corrected chi connectivity index (χ1v) is 11.5. The van der Waals surface area contributed by atoms with Gasteiger partial charge in [0.15, 0.2) is 5.78 Å². The van der Waals surface area contributed by atoms with Gasteiger partial charge in [-0.05, 0) is 63.9 Å². The predicted octanol–water partition coefficient (Wildman–Crippen LogP) is 5.03. The smallest absolute Gasteiger partial charge is 0.253 e. The molecule has 31 heavy (non-hydrogen) atoms. The molecule has 6 nitrogen and oxygen atoms in total. The van der Waals surface area contributed by atoms with Gasteiger partial charge in [-0.15, -0.1) is 5.10 Å². The summed E-state index contributed by atoms with van der Waals surface area (Å²) in [4.78, 5) is 21.8. The van der Waals surface area contributed by atoms with Crippen LogP contribution in [0.15, 0.2) is 41.6 Å². The molecule has 8 heteroatoms. The molecule has 3 aromatic heterocycles. The predicted molar refractivity (Wildman–Crippen MR) is 124 cm³/mol. The van der Waals surface area contributed by atoms with Crippen LogP contribution in [0.1, 0.15) is 38.7 Å². The van der Waals surface area contributed by atoms with E-state index in [9.17, 15) is 4.79 Å². The lowest BCUT2D eigenvalue weighted by atomic mass is 10.1. The highest BCUT2D eigenvalue weighted by Gasteiger charge is 2.17. The number of nitrogens with zero attached hydrogens (tertiary/aromatic N) is 5. The molecular weight excluding hydrogens is 430 g/mol. The molecule has 4 rings (SSSR count). The van der Waals surface area contributed by atoms with Gasteiger partial charge in [0.1, 0.15) is 0 Å². The number of carbonyl (C=O) groups excluding carboxylic acids is 1. The minimum Gasteiger partial charge on any atom is -0.348 e. The number of halogens is 1. The SMILES string of the molecule is Cc1cc(C)n2nc(SCC(=O)c3cc(C)n(CCc4ccc(Cl)cc4)c3C)nc2n1. The van der Waals surface area contributed by atoms with E-state index in [1.165, 1.54) is 17.3 Å². The van der Waals surface area contributed by atoms with Crippen LogP contribution in [0, 0.1) is 27.7 Å². The molecule has 0 amide bonds. The Morgan fingerprint density at radius 1 is 1.03 bits per heavy atom. The zero-order chi connectivity index (χ0) is 22.1. The number of ketones is 1. The summed E-state index contributed by atoms with van der Waals surface area (Å²) in [7, 11) is 0. The van der Waals surface area contributed by atoms with Crippen LogP contribution in [0.25, 0.3) is 5.78 Å². The zero-order valence-corrected chi connectivity index (χ0v) is 19.6. The van der Waals surface area contributed by atoms with Gasteiger partial charge in [0.05, 0.1) is 5.75 Å². The fraction of sp³-hybridized carbons (Fsp3) is 0.304. The normalized spacial score (nSPS) is 11.4. The van der Waals surface area contributed by atoms with E-state index in [0.29, 0.717) is 10.9 Å². The van der Waals surface area contributed by atoms with Crippen LogP contribution in [0.3, 0.4) is 0 Å². The van der Waals surface area contributed by atoms with Crippen LogP contribution >= 0.6 is 23.4 Å². The number of thioether (sulfide) groups is 1. The van der Waals surface area contributed by atoms with Crippen molar-refractivity contribution in [1.29, 1.82) is 0 Å². The van der Waals surface area contributed by atoms with Gasteiger partial charge in [-0.2, -0.15) is 4.98 Å². The summed E-state index contributed by atoms with van der Waals surface area (Å²) in [5, 5.41) is 5.77. The lowest BCUT2D eigenvalue weighted by Gasteiger charge is -2.10. The number of Topliss-reactive ketones (excluding diaryl/α,β-unsaturated/α-hetero) is 1. The minimum atomic E-state index is 0.0792. The van der Waals surface area contributed by atoms with Gasteiger partial charge in [-0.25, -0.2) is 9.50 Å². The first-order chi connectivity index (χ1) is 14.8. The van der Waals surface area contributed by atoms with Crippen LogP contribution < -0.4 is 0 Å².